The molecule has 6 heteroatoms. The number of aromatic nitrogens is 2. The average molecular weight is 378 g/mol. The van der Waals surface area contributed by atoms with Gasteiger partial charge in [-0.3, -0.25) is 9.78 Å². The minimum absolute atomic E-state index is 0.0101. The van der Waals surface area contributed by atoms with Gasteiger partial charge in [0.25, 0.3) is 5.91 Å². The molecule has 2 aromatic heterocycles. The molecule has 0 unspecified atom stereocenters. The van der Waals surface area contributed by atoms with Crippen LogP contribution in [0.3, 0.4) is 0 Å². The van der Waals surface area contributed by atoms with E-state index in [2.05, 4.69) is 60.8 Å². The summed E-state index contributed by atoms with van der Waals surface area (Å²) in [6, 6.07) is 11.5. The molecule has 0 saturated heterocycles. The van der Waals surface area contributed by atoms with Gasteiger partial charge in [0.2, 0.25) is 0 Å². The normalized spacial score (nSPS) is 11.9. The van der Waals surface area contributed by atoms with Gasteiger partial charge in [-0.05, 0) is 52.8 Å². The molecule has 0 aliphatic heterocycles. The number of amides is 1. The molecule has 0 spiro atoms. The number of nitrogens with one attached hydrogen (secondary N) is 1. The van der Waals surface area contributed by atoms with E-state index in [0.29, 0.717) is 5.75 Å². The SMILES string of the molecule is Cc1cc(/C=N/NC(=O)COc2cccc3cccnc23)c(C)n1C(C)(C)C. The number of hydrazone groups is 1. The van der Waals surface area contributed by atoms with Crippen LogP contribution >= 0.6 is 0 Å². The van der Waals surface area contributed by atoms with Crippen LogP contribution in [-0.4, -0.2) is 28.3 Å². The van der Waals surface area contributed by atoms with Crippen LogP contribution in [0.25, 0.3) is 10.9 Å². The molecule has 0 atom stereocenters. The molecule has 1 amide bonds. The van der Waals surface area contributed by atoms with Gasteiger partial charge in [0.15, 0.2) is 6.61 Å². The Morgan fingerprint density at radius 3 is 2.71 bits per heavy atom. The van der Waals surface area contributed by atoms with E-state index in [4.69, 9.17) is 4.74 Å². The van der Waals surface area contributed by atoms with Gasteiger partial charge in [0.1, 0.15) is 11.3 Å². The predicted octanol–water partition coefficient (Wildman–Crippen LogP) is 3.94. The summed E-state index contributed by atoms with van der Waals surface area (Å²) < 4.78 is 7.88. The van der Waals surface area contributed by atoms with Crippen LogP contribution in [0.5, 0.6) is 5.75 Å². The molecule has 28 heavy (non-hydrogen) atoms. The summed E-state index contributed by atoms with van der Waals surface area (Å²) in [6.45, 7) is 10.5. The maximum absolute atomic E-state index is 12.1. The fraction of sp³-hybridized carbons (Fsp3) is 0.318. The molecule has 0 bridgehead atoms. The van der Waals surface area contributed by atoms with Crippen molar-refractivity contribution in [3.05, 3.63) is 59.5 Å². The number of carbonyl (C=O) groups is 1. The van der Waals surface area contributed by atoms with Gasteiger partial charge < -0.3 is 9.30 Å². The van der Waals surface area contributed by atoms with Gasteiger partial charge in [0.05, 0.1) is 6.21 Å². The number of nitrogens with zero attached hydrogens (tertiary/aromatic N) is 3. The topological polar surface area (TPSA) is 68.5 Å². The number of rotatable bonds is 5. The molecule has 1 N–H and O–H groups in total. The van der Waals surface area contributed by atoms with Gasteiger partial charge in [-0.15, -0.1) is 0 Å². The summed E-state index contributed by atoms with van der Waals surface area (Å²) in [6.07, 6.45) is 3.37. The predicted molar refractivity (Wildman–Crippen MR) is 112 cm³/mol. The second kappa shape index (κ2) is 7.84. The number of ether oxygens (including phenoxy) is 1. The number of hydrogen-bond donors (Lipinski definition) is 1. The third-order valence-electron chi connectivity index (χ3n) is 4.49. The Bertz CT molecular complexity index is 1020. The maximum atomic E-state index is 12.1. The van der Waals surface area contributed by atoms with Crippen LogP contribution in [0.4, 0.5) is 0 Å². The zero-order valence-corrected chi connectivity index (χ0v) is 17.0. The maximum Gasteiger partial charge on any atom is 0.277 e. The van der Waals surface area contributed by atoms with E-state index in [-0.39, 0.29) is 18.1 Å². The summed E-state index contributed by atoms with van der Waals surface area (Å²) in [4.78, 5) is 16.4. The van der Waals surface area contributed by atoms with Crippen LogP contribution in [0.15, 0.2) is 47.7 Å². The number of para-hydroxylation sites is 1. The molecular formula is C22H26N4O2. The first kappa shape index (κ1) is 19.6. The van der Waals surface area contributed by atoms with Crippen LogP contribution < -0.4 is 10.2 Å². The van der Waals surface area contributed by atoms with Crippen LogP contribution in [0.1, 0.15) is 37.7 Å². The molecule has 0 aliphatic rings. The van der Waals surface area contributed by atoms with Gasteiger partial charge >= 0.3 is 0 Å². The summed E-state index contributed by atoms with van der Waals surface area (Å²) in [7, 11) is 0. The first-order valence-electron chi connectivity index (χ1n) is 9.25. The lowest BCUT2D eigenvalue weighted by atomic mass is 10.1. The second-order valence-corrected chi connectivity index (χ2v) is 7.75. The molecule has 0 fully saturated rings. The van der Waals surface area contributed by atoms with Crippen molar-refractivity contribution in [2.45, 2.75) is 40.2 Å². The third-order valence-corrected chi connectivity index (χ3v) is 4.49. The van der Waals surface area contributed by atoms with Crippen LogP contribution in [0, 0.1) is 13.8 Å². The molecule has 0 aliphatic carbocycles. The number of fused-ring (bicyclic) bond motifs is 1. The number of pyridine rings is 1. The Morgan fingerprint density at radius 2 is 2.00 bits per heavy atom. The smallest absolute Gasteiger partial charge is 0.277 e. The van der Waals surface area contributed by atoms with E-state index in [1.165, 1.54) is 0 Å². The molecule has 0 saturated carbocycles. The summed E-state index contributed by atoms with van der Waals surface area (Å²) in [5.41, 5.74) is 6.49. The van der Waals surface area contributed by atoms with Crippen LogP contribution in [-0.2, 0) is 10.3 Å². The monoisotopic (exact) mass is 378 g/mol. The highest BCUT2D eigenvalue weighted by molar-refractivity contribution is 5.86. The van der Waals surface area contributed by atoms with E-state index >= 15 is 0 Å². The van der Waals surface area contributed by atoms with Crippen LogP contribution in [0.2, 0.25) is 0 Å². The van der Waals surface area contributed by atoms with Crippen molar-refractivity contribution in [2.75, 3.05) is 6.61 Å². The average Bonchev–Trinajstić information content (AvgIpc) is 2.93. The molecular weight excluding hydrogens is 352 g/mol. The Labute approximate surface area is 165 Å². The summed E-state index contributed by atoms with van der Waals surface area (Å²) >= 11 is 0. The number of carbonyl (C=O) groups excluding carboxylic acids is 1. The van der Waals surface area contributed by atoms with E-state index in [0.717, 1.165) is 27.9 Å². The Hall–Kier alpha value is -3.15. The van der Waals surface area contributed by atoms with E-state index in [1.54, 1.807) is 18.5 Å². The lowest BCUT2D eigenvalue weighted by Gasteiger charge is -2.25. The highest BCUT2D eigenvalue weighted by atomic mass is 16.5. The Balaban J connectivity index is 1.62. The number of benzene rings is 1. The van der Waals surface area contributed by atoms with E-state index < -0.39 is 0 Å². The fourth-order valence-corrected chi connectivity index (χ4v) is 3.49. The molecule has 3 rings (SSSR count). The minimum Gasteiger partial charge on any atom is -0.481 e. The Morgan fingerprint density at radius 1 is 1.25 bits per heavy atom. The van der Waals surface area contributed by atoms with Gasteiger partial charge in [-0.1, -0.05) is 18.2 Å². The molecule has 2 heterocycles. The van der Waals surface area contributed by atoms with E-state index in [9.17, 15) is 4.79 Å². The minimum atomic E-state index is -0.325. The highest BCUT2D eigenvalue weighted by Crippen LogP contribution is 2.24. The first-order valence-corrected chi connectivity index (χ1v) is 9.25. The van der Waals surface area contributed by atoms with Gasteiger partial charge in [-0.2, -0.15) is 5.10 Å². The van der Waals surface area contributed by atoms with Crippen molar-refractivity contribution >= 4 is 23.0 Å². The van der Waals surface area contributed by atoms with Crippen molar-refractivity contribution in [1.82, 2.24) is 15.0 Å². The number of hydrogen-bond acceptors (Lipinski definition) is 4. The van der Waals surface area contributed by atoms with Crippen molar-refractivity contribution in [3.8, 4) is 5.75 Å². The van der Waals surface area contributed by atoms with Crippen molar-refractivity contribution in [1.29, 1.82) is 0 Å². The Kier molecular flexibility index (Phi) is 5.49. The van der Waals surface area contributed by atoms with E-state index in [1.807, 2.05) is 24.3 Å². The molecule has 1 aromatic carbocycles. The summed E-state index contributed by atoms with van der Waals surface area (Å²) in [5.74, 6) is 0.250. The standard InChI is InChI=1S/C22H26N4O2/c1-15-12-18(16(2)26(15)22(3,4)5)13-24-25-20(27)14-28-19-10-6-8-17-9-7-11-23-21(17)19/h6-13H,14H2,1-5H3,(H,25,27)/b24-13+. The zero-order chi connectivity index (χ0) is 20.3. The van der Waals surface area contributed by atoms with Gasteiger partial charge in [-0.25, -0.2) is 5.43 Å². The lowest BCUT2D eigenvalue weighted by Crippen LogP contribution is -2.25. The fourth-order valence-electron chi connectivity index (χ4n) is 3.49. The zero-order valence-electron chi connectivity index (χ0n) is 17.0. The van der Waals surface area contributed by atoms with Gasteiger partial charge in [0, 0.05) is 34.1 Å². The molecule has 146 valence electrons. The van der Waals surface area contributed by atoms with Crippen molar-refractivity contribution in [3.63, 3.8) is 0 Å². The summed E-state index contributed by atoms with van der Waals surface area (Å²) in [5, 5.41) is 5.05. The molecule has 6 nitrogen and oxygen atoms in total. The largest absolute Gasteiger partial charge is 0.481 e. The highest BCUT2D eigenvalue weighted by Gasteiger charge is 2.19. The quantitative estimate of drug-likeness (QED) is 0.540. The molecule has 0 radical (unpaired) electrons. The molecule has 3 aromatic rings. The second-order valence-electron chi connectivity index (χ2n) is 7.75. The van der Waals surface area contributed by atoms with Crippen molar-refractivity contribution in [2.24, 2.45) is 5.10 Å². The first-order chi connectivity index (χ1) is 13.3. The van der Waals surface area contributed by atoms with Crippen molar-refractivity contribution < 1.29 is 9.53 Å². The number of aryl methyl sites for hydroxylation is 1. The lowest BCUT2D eigenvalue weighted by molar-refractivity contribution is -0.123. The third kappa shape index (κ3) is 4.22.